The van der Waals surface area contributed by atoms with E-state index in [1.165, 1.54) is 6.92 Å². The maximum atomic E-state index is 12.1. The fraction of sp³-hybridized carbons (Fsp3) is 0.500. The molecule has 0 saturated carbocycles. The van der Waals surface area contributed by atoms with Crippen molar-refractivity contribution in [2.75, 3.05) is 0 Å². The van der Waals surface area contributed by atoms with Crippen LogP contribution in [0.15, 0.2) is 30.3 Å². The van der Waals surface area contributed by atoms with Crippen molar-refractivity contribution in [3.8, 4) is 0 Å². The number of aliphatic carboxylic acids is 1. The third-order valence-corrected chi connectivity index (χ3v) is 6.04. The van der Waals surface area contributed by atoms with Gasteiger partial charge in [0.25, 0.3) is 0 Å². The van der Waals surface area contributed by atoms with Gasteiger partial charge < -0.3 is 5.11 Å². The molecule has 4 nitrogen and oxygen atoms in total. The quantitative estimate of drug-likeness (QED) is 0.868. The molecule has 0 aliphatic rings. The Bertz CT molecular complexity index is 520. The maximum absolute atomic E-state index is 12.1. The average Bonchev–Trinajstić information content (AvgIpc) is 2.35. The van der Waals surface area contributed by atoms with Gasteiger partial charge in [-0.15, -0.1) is 0 Å². The number of carboxylic acid groups (broad SMARTS) is 1. The molecule has 1 rings (SSSR count). The van der Waals surface area contributed by atoms with Gasteiger partial charge in [-0.25, -0.2) is 8.42 Å². The Balaban J connectivity index is 3.00. The summed E-state index contributed by atoms with van der Waals surface area (Å²) < 4.78 is 24.2. The Kier molecular flexibility index (Phi) is 5.11. The monoisotopic (exact) mass is 284 g/mol. The van der Waals surface area contributed by atoms with E-state index in [1.807, 2.05) is 30.3 Å². The zero-order valence-corrected chi connectivity index (χ0v) is 12.2. The number of benzene rings is 1. The van der Waals surface area contributed by atoms with Crippen molar-refractivity contribution in [2.24, 2.45) is 5.92 Å². The highest BCUT2D eigenvalue weighted by molar-refractivity contribution is 7.92. The van der Waals surface area contributed by atoms with E-state index in [9.17, 15) is 18.3 Å². The number of rotatable bonds is 6. The molecule has 19 heavy (non-hydrogen) atoms. The highest BCUT2D eigenvalue weighted by Crippen LogP contribution is 2.21. The second kappa shape index (κ2) is 6.19. The number of hydrogen-bond acceptors (Lipinski definition) is 3. The van der Waals surface area contributed by atoms with E-state index in [-0.39, 0.29) is 6.42 Å². The van der Waals surface area contributed by atoms with Crippen LogP contribution >= 0.6 is 0 Å². The maximum Gasteiger partial charge on any atom is 0.308 e. The number of hydrogen-bond donors (Lipinski definition) is 1. The van der Waals surface area contributed by atoms with Crippen LogP contribution in [0.2, 0.25) is 0 Å². The molecule has 0 amide bonds. The minimum atomic E-state index is -3.42. The molecule has 2 atom stereocenters. The molecule has 0 aromatic heterocycles. The van der Waals surface area contributed by atoms with Crippen LogP contribution in [0.5, 0.6) is 0 Å². The van der Waals surface area contributed by atoms with Crippen LogP contribution in [0.25, 0.3) is 0 Å². The molecule has 1 N–H and O–H groups in total. The van der Waals surface area contributed by atoms with Gasteiger partial charge in [0.05, 0.1) is 16.4 Å². The van der Waals surface area contributed by atoms with Gasteiger partial charge >= 0.3 is 5.97 Å². The van der Waals surface area contributed by atoms with Crippen LogP contribution in [-0.2, 0) is 21.1 Å². The topological polar surface area (TPSA) is 71.4 Å². The molecule has 0 fully saturated rings. The van der Waals surface area contributed by atoms with Crippen LogP contribution in [0.3, 0.4) is 0 Å². The average molecular weight is 284 g/mol. The molecule has 0 heterocycles. The summed E-state index contributed by atoms with van der Waals surface area (Å²) in [5.74, 6) is -1.99. The molecule has 0 aliphatic carbocycles. The molecule has 1 aromatic rings. The minimum Gasteiger partial charge on any atom is -0.481 e. The van der Waals surface area contributed by atoms with Crippen molar-refractivity contribution in [2.45, 2.75) is 37.7 Å². The molecule has 0 aliphatic heterocycles. The summed E-state index contributed by atoms with van der Waals surface area (Å²) in [7, 11) is -3.42. The van der Waals surface area contributed by atoms with Gasteiger partial charge in [-0.3, -0.25) is 4.79 Å². The predicted octanol–water partition coefficient (Wildman–Crippen LogP) is 2.14. The molecule has 0 radical (unpaired) electrons. The van der Waals surface area contributed by atoms with Gasteiger partial charge in [0, 0.05) is 0 Å². The van der Waals surface area contributed by atoms with E-state index in [0.29, 0.717) is 0 Å². The SMILES string of the molecule is CC(C)S(=O)(=O)C(C)C(Cc1ccccc1)C(=O)O. The summed E-state index contributed by atoms with van der Waals surface area (Å²) in [4.78, 5) is 11.4. The Morgan fingerprint density at radius 3 is 2.11 bits per heavy atom. The number of carbonyl (C=O) groups is 1. The molecule has 0 saturated heterocycles. The zero-order chi connectivity index (χ0) is 14.6. The molecule has 1 aromatic carbocycles. The fourth-order valence-electron chi connectivity index (χ4n) is 1.98. The van der Waals surface area contributed by atoms with Crippen LogP contribution in [0.1, 0.15) is 26.3 Å². The fourth-order valence-corrected chi connectivity index (χ4v) is 3.51. The van der Waals surface area contributed by atoms with Gasteiger partial charge in [-0.05, 0) is 32.8 Å². The summed E-state index contributed by atoms with van der Waals surface area (Å²) in [5, 5.41) is 7.82. The summed E-state index contributed by atoms with van der Waals surface area (Å²) in [6, 6.07) is 9.09. The van der Waals surface area contributed by atoms with Crippen LogP contribution < -0.4 is 0 Å². The van der Waals surface area contributed by atoms with Gasteiger partial charge in [0.1, 0.15) is 0 Å². The Morgan fingerprint density at radius 2 is 1.68 bits per heavy atom. The standard InChI is InChI=1S/C14H20O4S/c1-10(2)19(17,18)11(3)13(14(15)16)9-12-7-5-4-6-8-12/h4-8,10-11,13H,9H2,1-3H3,(H,15,16). The first kappa shape index (κ1) is 15.7. The summed E-state index contributed by atoms with van der Waals surface area (Å²) in [6.07, 6.45) is 0.225. The van der Waals surface area contributed by atoms with E-state index in [1.54, 1.807) is 13.8 Å². The van der Waals surface area contributed by atoms with E-state index >= 15 is 0 Å². The first-order valence-electron chi connectivity index (χ1n) is 6.26. The lowest BCUT2D eigenvalue weighted by Gasteiger charge is -2.22. The first-order valence-corrected chi connectivity index (χ1v) is 7.87. The third kappa shape index (κ3) is 3.80. The van der Waals surface area contributed by atoms with Crippen LogP contribution in [0, 0.1) is 5.92 Å². The smallest absolute Gasteiger partial charge is 0.308 e. The largest absolute Gasteiger partial charge is 0.481 e. The van der Waals surface area contributed by atoms with Gasteiger partial charge in [0.15, 0.2) is 9.84 Å². The van der Waals surface area contributed by atoms with Crippen LogP contribution in [0.4, 0.5) is 0 Å². The van der Waals surface area contributed by atoms with Crippen molar-refractivity contribution >= 4 is 15.8 Å². The van der Waals surface area contributed by atoms with Gasteiger partial charge in [0.2, 0.25) is 0 Å². The molecule has 106 valence electrons. The van der Waals surface area contributed by atoms with E-state index in [0.717, 1.165) is 5.56 Å². The minimum absolute atomic E-state index is 0.225. The van der Waals surface area contributed by atoms with Crippen molar-refractivity contribution in [1.82, 2.24) is 0 Å². The molecular weight excluding hydrogens is 264 g/mol. The Hall–Kier alpha value is -1.36. The zero-order valence-electron chi connectivity index (χ0n) is 11.4. The van der Waals surface area contributed by atoms with Crippen molar-refractivity contribution in [3.05, 3.63) is 35.9 Å². The first-order chi connectivity index (χ1) is 8.76. The number of carboxylic acids is 1. The third-order valence-electron chi connectivity index (χ3n) is 3.36. The van der Waals surface area contributed by atoms with Gasteiger partial charge in [-0.1, -0.05) is 30.3 Å². The van der Waals surface area contributed by atoms with Crippen molar-refractivity contribution in [3.63, 3.8) is 0 Å². The lowest BCUT2D eigenvalue weighted by atomic mass is 9.97. The second-order valence-electron chi connectivity index (χ2n) is 4.98. The molecule has 0 bridgehead atoms. The lowest BCUT2D eigenvalue weighted by molar-refractivity contribution is -0.141. The van der Waals surface area contributed by atoms with Gasteiger partial charge in [-0.2, -0.15) is 0 Å². The second-order valence-corrected chi connectivity index (χ2v) is 7.84. The lowest BCUT2D eigenvalue weighted by Crippen LogP contribution is -2.37. The predicted molar refractivity (Wildman–Crippen MR) is 74.8 cm³/mol. The molecule has 0 spiro atoms. The summed E-state index contributed by atoms with van der Waals surface area (Å²) in [5.41, 5.74) is 0.834. The highest BCUT2D eigenvalue weighted by atomic mass is 32.2. The number of sulfone groups is 1. The summed E-state index contributed by atoms with van der Waals surface area (Å²) in [6.45, 7) is 4.64. The van der Waals surface area contributed by atoms with E-state index in [2.05, 4.69) is 0 Å². The van der Waals surface area contributed by atoms with Crippen LogP contribution in [-0.4, -0.2) is 30.0 Å². The van der Waals surface area contributed by atoms with Crippen molar-refractivity contribution < 1.29 is 18.3 Å². The molecule has 5 heteroatoms. The Morgan fingerprint density at radius 1 is 1.16 bits per heavy atom. The normalized spacial score (nSPS) is 15.2. The molecule has 2 unspecified atom stereocenters. The Labute approximate surface area is 114 Å². The summed E-state index contributed by atoms with van der Waals surface area (Å²) >= 11 is 0. The molecular formula is C14H20O4S. The van der Waals surface area contributed by atoms with Crippen molar-refractivity contribution in [1.29, 1.82) is 0 Å². The van der Waals surface area contributed by atoms with E-state index < -0.39 is 32.2 Å². The van der Waals surface area contributed by atoms with E-state index in [4.69, 9.17) is 0 Å². The highest BCUT2D eigenvalue weighted by Gasteiger charge is 2.36.